The van der Waals surface area contributed by atoms with Crippen LogP contribution in [-0.4, -0.2) is 29.8 Å². The molecule has 2 atom stereocenters. The Morgan fingerprint density at radius 1 is 1.40 bits per heavy atom. The molecule has 0 aromatic rings. The van der Waals surface area contributed by atoms with E-state index in [-0.39, 0.29) is 17.2 Å². The van der Waals surface area contributed by atoms with Gasteiger partial charge in [0.05, 0.1) is 0 Å². The first-order valence-corrected chi connectivity index (χ1v) is 6.35. The van der Waals surface area contributed by atoms with Crippen LogP contribution < -0.4 is 0 Å². The van der Waals surface area contributed by atoms with E-state index in [0.717, 1.165) is 25.7 Å². The second-order valence-corrected chi connectivity index (χ2v) is 4.99. The number of nitrogens with zero attached hydrogens (tertiary/aromatic N) is 1. The Labute approximate surface area is 99.0 Å². The Hall–Kier alpha value is -0.240. The normalized spacial score (nSPS) is 14.7. The summed E-state index contributed by atoms with van der Waals surface area (Å²) in [5.41, 5.74) is 0. The summed E-state index contributed by atoms with van der Waals surface area (Å²) >= 11 is 5.88. The van der Waals surface area contributed by atoms with Crippen molar-refractivity contribution in [1.82, 2.24) is 4.90 Å². The number of alkyl halides is 1. The second-order valence-electron chi connectivity index (χ2n) is 4.25. The summed E-state index contributed by atoms with van der Waals surface area (Å²) in [5.74, 6) is 0.434. The molecule has 0 radical (unpaired) electrons. The molecule has 2 unspecified atom stereocenters. The summed E-state index contributed by atoms with van der Waals surface area (Å²) in [7, 11) is 1.84. The van der Waals surface area contributed by atoms with Crippen LogP contribution in [0.1, 0.15) is 46.5 Å². The summed E-state index contributed by atoms with van der Waals surface area (Å²) < 4.78 is 0. The van der Waals surface area contributed by atoms with E-state index in [9.17, 15) is 4.79 Å². The van der Waals surface area contributed by atoms with Gasteiger partial charge in [0.1, 0.15) is 0 Å². The smallest absolute Gasteiger partial charge is 0.225 e. The van der Waals surface area contributed by atoms with Crippen LogP contribution in [0.25, 0.3) is 0 Å². The van der Waals surface area contributed by atoms with E-state index >= 15 is 0 Å². The molecule has 0 rings (SSSR count). The van der Waals surface area contributed by atoms with E-state index in [1.165, 1.54) is 0 Å². The van der Waals surface area contributed by atoms with E-state index in [2.05, 4.69) is 13.8 Å². The minimum absolute atomic E-state index is 0.0302. The largest absolute Gasteiger partial charge is 0.344 e. The number of halogens is 1. The first-order chi connectivity index (χ1) is 7.02. The van der Waals surface area contributed by atoms with Crippen molar-refractivity contribution in [1.29, 1.82) is 0 Å². The van der Waals surface area contributed by atoms with Gasteiger partial charge < -0.3 is 4.90 Å². The molecule has 1 amide bonds. The summed E-state index contributed by atoms with van der Waals surface area (Å²) in [6, 6.07) is 0. The molecule has 0 aliphatic carbocycles. The third-order valence-corrected chi connectivity index (χ3v) is 2.79. The van der Waals surface area contributed by atoms with Gasteiger partial charge in [0, 0.05) is 24.9 Å². The van der Waals surface area contributed by atoms with E-state index in [1.807, 2.05) is 14.0 Å². The molecule has 0 aromatic heterocycles. The summed E-state index contributed by atoms with van der Waals surface area (Å²) in [6.45, 7) is 6.79. The molecule has 0 aromatic carbocycles. The maximum atomic E-state index is 12.0. The van der Waals surface area contributed by atoms with Gasteiger partial charge in [0.25, 0.3) is 0 Å². The lowest BCUT2D eigenvalue weighted by atomic mass is 9.98. The minimum atomic E-state index is 0.0302. The average molecular weight is 234 g/mol. The van der Waals surface area contributed by atoms with Gasteiger partial charge in [-0.25, -0.2) is 0 Å². The molecule has 0 N–H and O–H groups in total. The predicted octanol–water partition coefficient (Wildman–Crippen LogP) is 3.29. The Bertz CT molecular complexity index is 182. The summed E-state index contributed by atoms with van der Waals surface area (Å²) in [6.07, 6.45) is 4.22. The fourth-order valence-electron chi connectivity index (χ4n) is 1.73. The number of carbonyl (C=O) groups excluding carboxylic acids is 1. The van der Waals surface area contributed by atoms with Crippen molar-refractivity contribution in [2.24, 2.45) is 5.92 Å². The molecule has 3 heteroatoms. The van der Waals surface area contributed by atoms with Gasteiger partial charge in [-0.05, 0) is 19.8 Å². The molecule has 0 saturated heterocycles. The van der Waals surface area contributed by atoms with Crippen molar-refractivity contribution in [3.8, 4) is 0 Å². The maximum Gasteiger partial charge on any atom is 0.225 e. The van der Waals surface area contributed by atoms with Gasteiger partial charge in [0.2, 0.25) is 5.91 Å². The third-order valence-electron chi connectivity index (χ3n) is 2.65. The highest BCUT2D eigenvalue weighted by molar-refractivity contribution is 6.20. The van der Waals surface area contributed by atoms with Gasteiger partial charge in [-0.3, -0.25) is 4.79 Å². The fourth-order valence-corrected chi connectivity index (χ4v) is 1.94. The van der Waals surface area contributed by atoms with Crippen molar-refractivity contribution < 1.29 is 4.79 Å². The zero-order valence-corrected chi connectivity index (χ0v) is 11.2. The van der Waals surface area contributed by atoms with Crippen molar-refractivity contribution >= 4 is 17.5 Å². The fraction of sp³-hybridized carbons (Fsp3) is 0.917. The van der Waals surface area contributed by atoms with Crippen LogP contribution in [0.15, 0.2) is 0 Å². The van der Waals surface area contributed by atoms with E-state index in [0.29, 0.717) is 6.54 Å². The first-order valence-electron chi connectivity index (χ1n) is 5.91. The summed E-state index contributed by atoms with van der Waals surface area (Å²) in [5, 5.41) is 0.0302. The molecule has 0 heterocycles. The molecular formula is C12H24ClNO. The van der Waals surface area contributed by atoms with Crippen LogP contribution in [-0.2, 0) is 4.79 Å². The summed E-state index contributed by atoms with van der Waals surface area (Å²) in [4.78, 5) is 13.7. The number of hydrogen-bond donors (Lipinski definition) is 0. The van der Waals surface area contributed by atoms with Crippen molar-refractivity contribution in [3.05, 3.63) is 0 Å². The lowest BCUT2D eigenvalue weighted by Crippen LogP contribution is -2.36. The lowest BCUT2D eigenvalue weighted by molar-refractivity contribution is -0.134. The highest BCUT2D eigenvalue weighted by Crippen LogP contribution is 2.15. The molecule has 0 aliphatic rings. The van der Waals surface area contributed by atoms with Crippen LogP contribution in [0.4, 0.5) is 0 Å². The van der Waals surface area contributed by atoms with Crippen LogP contribution in [0, 0.1) is 5.92 Å². The molecule has 0 aliphatic heterocycles. The third kappa shape index (κ3) is 6.03. The van der Waals surface area contributed by atoms with Crippen LogP contribution in [0.5, 0.6) is 0 Å². The highest BCUT2D eigenvalue weighted by atomic mass is 35.5. The Morgan fingerprint density at radius 2 is 2.00 bits per heavy atom. The van der Waals surface area contributed by atoms with Gasteiger partial charge in [-0.1, -0.05) is 26.7 Å². The Kier molecular flexibility index (Phi) is 7.85. The Balaban J connectivity index is 4.11. The number of carbonyl (C=O) groups is 1. The van der Waals surface area contributed by atoms with Crippen molar-refractivity contribution in [2.45, 2.75) is 51.8 Å². The number of amides is 1. The standard InChI is InChI=1S/C12H24ClNO/c1-5-7-8-11(6-2)12(15)14(4)9-10(3)13/h10-11H,5-9H2,1-4H3. The molecule has 2 nitrogen and oxygen atoms in total. The maximum absolute atomic E-state index is 12.0. The molecule has 0 spiro atoms. The van der Waals surface area contributed by atoms with Gasteiger partial charge >= 0.3 is 0 Å². The van der Waals surface area contributed by atoms with E-state index in [4.69, 9.17) is 11.6 Å². The average Bonchev–Trinajstić information content (AvgIpc) is 2.17. The monoisotopic (exact) mass is 233 g/mol. The van der Waals surface area contributed by atoms with Gasteiger partial charge in [0.15, 0.2) is 0 Å². The van der Waals surface area contributed by atoms with Gasteiger partial charge in [-0.2, -0.15) is 0 Å². The molecule has 90 valence electrons. The Morgan fingerprint density at radius 3 is 2.40 bits per heavy atom. The number of unbranched alkanes of at least 4 members (excludes halogenated alkanes) is 1. The highest BCUT2D eigenvalue weighted by Gasteiger charge is 2.20. The van der Waals surface area contributed by atoms with Crippen LogP contribution >= 0.6 is 11.6 Å². The molecule has 0 saturated carbocycles. The molecule has 15 heavy (non-hydrogen) atoms. The predicted molar refractivity (Wildman–Crippen MR) is 66.3 cm³/mol. The zero-order chi connectivity index (χ0) is 11.8. The quantitative estimate of drug-likeness (QED) is 0.618. The van der Waals surface area contributed by atoms with Crippen LogP contribution in [0.2, 0.25) is 0 Å². The minimum Gasteiger partial charge on any atom is -0.344 e. The molecule has 0 fully saturated rings. The second kappa shape index (κ2) is 7.98. The van der Waals surface area contributed by atoms with Crippen molar-refractivity contribution in [3.63, 3.8) is 0 Å². The SMILES string of the molecule is CCCCC(CC)C(=O)N(C)CC(C)Cl. The number of hydrogen-bond acceptors (Lipinski definition) is 1. The van der Waals surface area contributed by atoms with E-state index < -0.39 is 0 Å². The topological polar surface area (TPSA) is 20.3 Å². The van der Waals surface area contributed by atoms with Gasteiger partial charge in [-0.15, -0.1) is 11.6 Å². The van der Waals surface area contributed by atoms with Crippen molar-refractivity contribution in [2.75, 3.05) is 13.6 Å². The lowest BCUT2D eigenvalue weighted by Gasteiger charge is -2.23. The molecule has 0 bridgehead atoms. The first kappa shape index (κ1) is 14.8. The number of rotatable bonds is 7. The van der Waals surface area contributed by atoms with Crippen LogP contribution in [0.3, 0.4) is 0 Å². The zero-order valence-electron chi connectivity index (χ0n) is 10.4. The van der Waals surface area contributed by atoms with E-state index in [1.54, 1.807) is 4.90 Å². The molecular weight excluding hydrogens is 210 g/mol.